The number of hydrogen-bond acceptors (Lipinski definition) is 5. The zero-order valence-corrected chi connectivity index (χ0v) is 15.5. The molecule has 0 saturated carbocycles. The van der Waals surface area contributed by atoms with Crippen molar-refractivity contribution in [2.75, 3.05) is 16.5 Å². The summed E-state index contributed by atoms with van der Waals surface area (Å²) in [4.78, 5) is 27.1. The van der Waals surface area contributed by atoms with E-state index in [1.807, 2.05) is 13.8 Å². The number of furan rings is 1. The second kappa shape index (κ2) is 6.60. The number of nitrogens with one attached hydrogen (secondary N) is 1. The number of amides is 2. The van der Waals surface area contributed by atoms with Gasteiger partial charge in [0, 0.05) is 6.26 Å². The maximum atomic E-state index is 13.0. The van der Waals surface area contributed by atoms with Gasteiger partial charge in [-0.2, -0.15) is 0 Å². The first-order valence-corrected chi connectivity index (χ1v) is 10.1. The Balaban J connectivity index is 2.13. The van der Waals surface area contributed by atoms with E-state index in [1.165, 1.54) is 29.4 Å². The van der Waals surface area contributed by atoms with Crippen molar-refractivity contribution in [2.24, 2.45) is 5.92 Å². The summed E-state index contributed by atoms with van der Waals surface area (Å²) in [7, 11) is -3.44. The van der Waals surface area contributed by atoms with E-state index in [1.54, 1.807) is 12.1 Å². The molecule has 138 valence electrons. The first-order chi connectivity index (χ1) is 12.2. The summed E-state index contributed by atoms with van der Waals surface area (Å²) in [6.45, 7) is 3.93. The quantitative estimate of drug-likeness (QED) is 0.885. The first-order valence-electron chi connectivity index (χ1n) is 8.20. The summed E-state index contributed by atoms with van der Waals surface area (Å²) in [5.41, 5.74) is 0.738. The summed E-state index contributed by atoms with van der Waals surface area (Å²) in [5.74, 6) is -0.498. The van der Waals surface area contributed by atoms with Gasteiger partial charge in [-0.15, -0.1) is 0 Å². The molecule has 1 aromatic heterocycles. The summed E-state index contributed by atoms with van der Waals surface area (Å²) in [6, 6.07) is 6.77. The van der Waals surface area contributed by atoms with Crippen molar-refractivity contribution in [3.05, 3.63) is 42.4 Å². The molecule has 3 rings (SSSR count). The van der Waals surface area contributed by atoms with Gasteiger partial charge in [0.25, 0.3) is 5.91 Å². The van der Waals surface area contributed by atoms with Gasteiger partial charge >= 0.3 is 0 Å². The normalized spacial score (nSPS) is 17.2. The van der Waals surface area contributed by atoms with Gasteiger partial charge in [-0.3, -0.25) is 14.5 Å². The Morgan fingerprint density at radius 2 is 2.04 bits per heavy atom. The van der Waals surface area contributed by atoms with E-state index < -0.39 is 21.8 Å². The van der Waals surface area contributed by atoms with E-state index in [9.17, 15) is 18.0 Å². The number of benzene rings is 1. The Morgan fingerprint density at radius 1 is 1.31 bits per heavy atom. The zero-order chi connectivity index (χ0) is 19.1. The molecule has 1 N–H and O–H groups in total. The Morgan fingerprint density at radius 3 is 2.62 bits per heavy atom. The van der Waals surface area contributed by atoms with E-state index in [4.69, 9.17) is 4.42 Å². The van der Waals surface area contributed by atoms with Gasteiger partial charge in [-0.25, -0.2) is 8.42 Å². The molecule has 26 heavy (non-hydrogen) atoms. The Bertz CT molecular complexity index is 948. The predicted octanol–water partition coefficient (Wildman–Crippen LogP) is 2.70. The number of carbonyl (C=O) groups is 2. The second-order valence-corrected chi connectivity index (χ2v) is 8.75. The van der Waals surface area contributed by atoms with Crippen molar-refractivity contribution in [1.29, 1.82) is 0 Å². The third kappa shape index (κ3) is 3.37. The molecule has 2 heterocycles. The highest BCUT2D eigenvalue weighted by Crippen LogP contribution is 2.36. The van der Waals surface area contributed by atoms with Crippen molar-refractivity contribution in [1.82, 2.24) is 0 Å². The van der Waals surface area contributed by atoms with Gasteiger partial charge in [-0.1, -0.05) is 13.8 Å². The van der Waals surface area contributed by atoms with E-state index in [-0.39, 0.29) is 28.2 Å². The largest absolute Gasteiger partial charge is 0.459 e. The number of anilines is 2. The highest BCUT2D eigenvalue weighted by molar-refractivity contribution is 7.90. The molecule has 0 radical (unpaired) electrons. The molecule has 0 saturated heterocycles. The number of sulfone groups is 1. The third-order valence-corrected chi connectivity index (χ3v) is 5.28. The van der Waals surface area contributed by atoms with Crippen LogP contribution >= 0.6 is 0 Å². The van der Waals surface area contributed by atoms with E-state index in [0.29, 0.717) is 12.1 Å². The van der Waals surface area contributed by atoms with Crippen LogP contribution in [0.4, 0.5) is 11.4 Å². The standard InChI is InChI=1S/C18H20N2O5S/c1-11(2)9-15-17(21)19-13-10-12(26(3,23)24)6-7-14(13)20(15)18(22)16-5-4-8-25-16/h4-8,10-11,15H,9H2,1-3H3,(H,19,21)/t15-/m0/s1. The molecule has 8 heteroatoms. The zero-order valence-electron chi connectivity index (χ0n) is 14.7. The SMILES string of the molecule is CC(C)C[C@H]1C(=O)Nc2cc(S(C)(=O)=O)ccc2N1C(=O)c1ccco1. The summed E-state index contributed by atoms with van der Waals surface area (Å²) in [6.07, 6.45) is 2.95. The number of nitrogens with zero attached hydrogens (tertiary/aromatic N) is 1. The van der Waals surface area contributed by atoms with Crippen LogP contribution in [0, 0.1) is 5.92 Å². The average molecular weight is 376 g/mol. The van der Waals surface area contributed by atoms with Gasteiger partial charge in [0.15, 0.2) is 15.6 Å². The molecule has 0 bridgehead atoms. The van der Waals surface area contributed by atoms with Crippen LogP contribution in [-0.2, 0) is 14.6 Å². The minimum atomic E-state index is -3.44. The van der Waals surface area contributed by atoms with Gasteiger partial charge in [-0.05, 0) is 42.7 Å². The van der Waals surface area contributed by atoms with Crippen LogP contribution in [-0.4, -0.2) is 32.5 Å². The molecule has 1 aliphatic heterocycles. The van der Waals surface area contributed by atoms with Crippen molar-refractivity contribution < 1.29 is 22.4 Å². The maximum absolute atomic E-state index is 13.0. The topological polar surface area (TPSA) is 96.7 Å². The first kappa shape index (κ1) is 18.2. The molecule has 1 aliphatic rings. The second-order valence-electron chi connectivity index (χ2n) is 6.74. The van der Waals surface area contributed by atoms with Crippen LogP contribution in [0.2, 0.25) is 0 Å². The van der Waals surface area contributed by atoms with Crippen LogP contribution in [0.15, 0.2) is 45.9 Å². The Hall–Kier alpha value is -2.61. The van der Waals surface area contributed by atoms with Crippen molar-refractivity contribution in [2.45, 2.75) is 31.2 Å². The Labute approximate surface area is 151 Å². The van der Waals surface area contributed by atoms with Crippen LogP contribution in [0.5, 0.6) is 0 Å². The molecule has 1 aromatic carbocycles. The fourth-order valence-electron chi connectivity index (χ4n) is 2.99. The Kier molecular flexibility index (Phi) is 4.62. The number of rotatable bonds is 4. The fourth-order valence-corrected chi connectivity index (χ4v) is 3.63. The lowest BCUT2D eigenvalue weighted by molar-refractivity contribution is -0.117. The van der Waals surface area contributed by atoms with Gasteiger partial charge in [0.2, 0.25) is 5.91 Å². The lowest BCUT2D eigenvalue weighted by Gasteiger charge is -2.37. The highest BCUT2D eigenvalue weighted by atomic mass is 32.2. The average Bonchev–Trinajstić information content (AvgIpc) is 3.07. The van der Waals surface area contributed by atoms with E-state index in [2.05, 4.69) is 5.32 Å². The van der Waals surface area contributed by atoms with Crippen LogP contribution in [0.25, 0.3) is 0 Å². The highest BCUT2D eigenvalue weighted by Gasteiger charge is 2.38. The summed E-state index contributed by atoms with van der Waals surface area (Å²) in [5, 5.41) is 2.73. The molecule has 2 amide bonds. The maximum Gasteiger partial charge on any atom is 0.294 e. The van der Waals surface area contributed by atoms with Crippen LogP contribution in [0.1, 0.15) is 30.8 Å². The summed E-state index contributed by atoms with van der Waals surface area (Å²) < 4.78 is 28.8. The van der Waals surface area contributed by atoms with E-state index >= 15 is 0 Å². The lowest BCUT2D eigenvalue weighted by Crippen LogP contribution is -2.51. The molecule has 0 unspecified atom stereocenters. The molecule has 0 aliphatic carbocycles. The van der Waals surface area contributed by atoms with Crippen molar-refractivity contribution >= 4 is 33.0 Å². The van der Waals surface area contributed by atoms with Gasteiger partial charge < -0.3 is 9.73 Å². The molecule has 2 aromatic rings. The molecular formula is C18H20N2O5S. The predicted molar refractivity (Wildman–Crippen MR) is 96.9 cm³/mol. The minimum Gasteiger partial charge on any atom is -0.459 e. The van der Waals surface area contributed by atoms with Crippen molar-refractivity contribution in [3.8, 4) is 0 Å². The molecule has 0 spiro atoms. The molecule has 0 fully saturated rings. The molecule has 1 atom stereocenters. The monoisotopic (exact) mass is 376 g/mol. The minimum absolute atomic E-state index is 0.0734. The smallest absolute Gasteiger partial charge is 0.294 e. The number of carbonyl (C=O) groups excluding carboxylic acids is 2. The van der Waals surface area contributed by atoms with Gasteiger partial charge in [0.1, 0.15) is 6.04 Å². The van der Waals surface area contributed by atoms with Crippen LogP contribution < -0.4 is 10.2 Å². The molecule has 7 nitrogen and oxygen atoms in total. The lowest BCUT2D eigenvalue weighted by atomic mass is 9.98. The summed E-state index contributed by atoms with van der Waals surface area (Å²) >= 11 is 0. The third-order valence-electron chi connectivity index (χ3n) is 4.17. The molecular weight excluding hydrogens is 356 g/mol. The number of fused-ring (bicyclic) bond motifs is 1. The van der Waals surface area contributed by atoms with E-state index in [0.717, 1.165) is 6.26 Å². The fraction of sp³-hybridized carbons (Fsp3) is 0.333. The number of hydrogen-bond donors (Lipinski definition) is 1. The van der Waals surface area contributed by atoms with Crippen LogP contribution in [0.3, 0.4) is 0 Å². The van der Waals surface area contributed by atoms with Gasteiger partial charge in [0.05, 0.1) is 22.5 Å². The van der Waals surface area contributed by atoms with Crippen molar-refractivity contribution in [3.63, 3.8) is 0 Å².